The van der Waals surface area contributed by atoms with Crippen molar-refractivity contribution in [3.63, 3.8) is 0 Å². The Morgan fingerprint density at radius 2 is 2.08 bits per heavy atom. The lowest BCUT2D eigenvalue weighted by atomic mass is 9.51. The molecule has 2 fully saturated rings. The quantitative estimate of drug-likeness (QED) is 0.904. The second kappa shape index (κ2) is 5.79. The fraction of sp³-hybridized carbons (Fsp3) is 0.500. The summed E-state index contributed by atoms with van der Waals surface area (Å²) in [7, 11) is -1.69. The standard InChI is InChI=1S/C18H22N2O3S/c1-23-16-11-15(18(16)8-4-9-18)20-24(21,22)12-14-6-2-5-13-7-3-10-19-17(13)14/h2-3,5-7,10,15-16,20H,4,8-9,11-12H2,1H3/t15-,16+/m1/s1. The number of fused-ring (bicyclic) bond motifs is 1. The Kier molecular flexibility index (Phi) is 3.86. The molecule has 1 aromatic carbocycles. The van der Waals surface area contributed by atoms with E-state index in [0.717, 1.165) is 42.1 Å². The van der Waals surface area contributed by atoms with Gasteiger partial charge >= 0.3 is 0 Å². The van der Waals surface area contributed by atoms with Crippen LogP contribution in [0.2, 0.25) is 0 Å². The molecular formula is C18H22N2O3S. The van der Waals surface area contributed by atoms with Crippen molar-refractivity contribution in [2.45, 2.75) is 43.6 Å². The molecule has 2 aromatic rings. The summed E-state index contributed by atoms with van der Waals surface area (Å²) >= 11 is 0. The molecule has 1 aromatic heterocycles. The van der Waals surface area contributed by atoms with E-state index in [9.17, 15) is 8.42 Å². The summed E-state index contributed by atoms with van der Waals surface area (Å²) in [5.41, 5.74) is 1.52. The second-order valence-corrected chi connectivity index (χ2v) is 8.72. The van der Waals surface area contributed by atoms with Crippen LogP contribution in [0.4, 0.5) is 0 Å². The number of para-hydroxylation sites is 1. The molecular weight excluding hydrogens is 324 g/mol. The fourth-order valence-electron chi connectivity index (χ4n) is 4.25. The van der Waals surface area contributed by atoms with Crippen LogP contribution in [0, 0.1) is 5.41 Å². The molecule has 128 valence electrons. The first-order chi connectivity index (χ1) is 11.5. The summed E-state index contributed by atoms with van der Waals surface area (Å²) in [5.74, 6) is -0.0361. The van der Waals surface area contributed by atoms with Crippen LogP contribution >= 0.6 is 0 Å². The number of pyridine rings is 1. The van der Waals surface area contributed by atoms with E-state index in [2.05, 4.69) is 9.71 Å². The molecule has 0 bridgehead atoms. The number of aromatic nitrogens is 1. The first-order valence-corrected chi connectivity index (χ1v) is 10.0. The average molecular weight is 346 g/mol. The molecule has 6 heteroatoms. The van der Waals surface area contributed by atoms with Gasteiger partial charge in [0.1, 0.15) is 0 Å². The Bertz CT molecular complexity index is 856. The third kappa shape index (κ3) is 2.53. The predicted molar refractivity (Wildman–Crippen MR) is 93.0 cm³/mol. The topological polar surface area (TPSA) is 68.3 Å². The van der Waals surface area contributed by atoms with Gasteiger partial charge in [0.15, 0.2) is 0 Å². The van der Waals surface area contributed by atoms with E-state index in [4.69, 9.17) is 4.74 Å². The van der Waals surface area contributed by atoms with Gasteiger partial charge in [0.25, 0.3) is 0 Å². The predicted octanol–water partition coefficient (Wildman–Crippen LogP) is 2.61. The molecule has 1 heterocycles. The van der Waals surface area contributed by atoms with Gasteiger partial charge in [-0.3, -0.25) is 4.98 Å². The number of ether oxygens (including phenoxy) is 1. The first-order valence-electron chi connectivity index (χ1n) is 8.39. The molecule has 5 nitrogen and oxygen atoms in total. The fourth-order valence-corrected chi connectivity index (χ4v) is 5.74. The summed E-state index contributed by atoms with van der Waals surface area (Å²) in [5, 5.41) is 0.962. The van der Waals surface area contributed by atoms with Gasteiger partial charge in [-0.25, -0.2) is 13.1 Å². The van der Waals surface area contributed by atoms with Crippen LogP contribution in [-0.4, -0.2) is 32.7 Å². The zero-order chi connectivity index (χ0) is 16.8. The third-order valence-corrected chi connectivity index (χ3v) is 7.07. The molecule has 2 aliphatic carbocycles. The minimum Gasteiger partial charge on any atom is -0.381 e. The molecule has 1 spiro atoms. The van der Waals surface area contributed by atoms with Gasteiger partial charge in [0, 0.05) is 30.1 Å². The SMILES string of the molecule is CO[C@H]1C[C@@H](NS(=O)(=O)Cc2cccc3cccnc23)C12CCC2. The third-order valence-electron chi connectivity index (χ3n) is 5.74. The molecule has 0 aliphatic heterocycles. The highest BCUT2D eigenvalue weighted by Gasteiger charge is 2.59. The molecule has 0 unspecified atom stereocenters. The maximum Gasteiger partial charge on any atom is 0.216 e. The Hall–Kier alpha value is -1.50. The maximum atomic E-state index is 12.7. The van der Waals surface area contributed by atoms with Crippen LogP contribution in [0.15, 0.2) is 36.5 Å². The summed E-state index contributed by atoms with van der Waals surface area (Å²) in [6.07, 6.45) is 5.92. The monoisotopic (exact) mass is 346 g/mol. The molecule has 0 amide bonds. The zero-order valence-corrected chi connectivity index (χ0v) is 14.6. The van der Waals surface area contributed by atoms with E-state index >= 15 is 0 Å². The van der Waals surface area contributed by atoms with E-state index in [-0.39, 0.29) is 23.3 Å². The zero-order valence-electron chi connectivity index (χ0n) is 13.7. The summed E-state index contributed by atoms with van der Waals surface area (Å²) in [6, 6.07) is 9.48. The van der Waals surface area contributed by atoms with Crippen molar-refractivity contribution >= 4 is 20.9 Å². The molecule has 2 atom stereocenters. The van der Waals surface area contributed by atoms with Crippen LogP contribution in [-0.2, 0) is 20.5 Å². The molecule has 2 aliphatic rings. The second-order valence-electron chi connectivity index (χ2n) is 6.97. The van der Waals surface area contributed by atoms with Gasteiger partial charge in [-0.2, -0.15) is 0 Å². The van der Waals surface area contributed by atoms with E-state index in [1.165, 1.54) is 0 Å². The maximum absolute atomic E-state index is 12.7. The summed E-state index contributed by atoms with van der Waals surface area (Å²) < 4.78 is 33.8. The van der Waals surface area contributed by atoms with E-state index in [1.54, 1.807) is 13.3 Å². The summed E-state index contributed by atoms with van der Waals surface area (Å²) in [6.45, 7) is 0. The number of hydrogen-bond donors (Lipinski definition) is 1. The minimum atomic E-state index is -3.41. The van der Waals surface area contributed by atoms with Gasteiger partial charge in [-0.1, -0.05) is 30.7 Å². The molecule has 0 radical (unpaired) electrons. The van der Waals surface area contributed by atoms with Crippen molar-refractivity contribution in [1.82, 2.24) is 9.71 Å². The van der Waals surface area contributed by atoms with Gasteiger partial charge in [0.2, 0.25) is 10.0 Å². The van der Waals surface area contributed by atoms with Crippen LogP contribution in [0.3, 0.4) is 0 Å². The van der Waals surface area contributed by atoms with Gasteiger partial charge in [0.05, 0.1) is 17.4 Å². The lowest BCUT2D eigenvalue weighted by Gasteiger charge is -2.60. The van der Waals surface area contributed by atoms with Gasteiger partial charge < -0.3 is 4.74 Å². The van der Waals surface area contributed by atoms with E-state index in [1.807, 2.05) is 30.3 Å². The number of benzene rings is 1. The van der Waals surface area contributed by atoms with Crippen LogP contribution in [0.25, 0.3) is 10.9 Å². The lowest BCUT2D eigenvalue weighted by molar-refractivity contribution is -0.155. The van der Waals surface area contributed by atoms with Gasteiger partial charge in [-0.15, -0.1) is 0 Å². The Labute approximate surface area is 142 Å². The highest BCUT2D eigenvalue weighted by Crippen LogP contribution is 2.57. The van der Waals surface area contributed by atoms with E-state index < -0.39 is 10.0 Å². The number of methoxy groups -OCH3 is 1. The van der Waals surface area contributed by atoms with Crippen LogP contribution < -0.4 is 4.72 Å². The van der Waals surface area contributed by atoms with Crippen molar-refractivity contribution in [2.75, 3.05) is 7.11 Å². The van der Waals surface area contributed by atoms with Crippen molar-refractivity contribution < 1.29 is 13.2 Å². The molecule has 0 saturated heterocycles. The minimum absolute atomic E-state index is 0.00383. The van der Waals surface area contributed by atoms with Gasteiger partial charge in [-0.05, 0) is 30.9 Å². The Morgan fingerprint density at radius 1 is 1.29 bits per heavy atom. The largest absolute Gasteiger partial charge is 0.381 e. The summed E-state index contributed by atoms with van der Waals surface area (Å²) in [4.78, 5) is 4.35. The molecule has 24 heavy (non-hydrogen) atoms. The number of sulfonamides is 1. The number of hydrogen-bond acceptors (Lipinski definition) is 4. The van der Waals surface area contributed by atoms with Crippen molar-refractivity contribution in [2.24, 2.45) is 5.41 Å². The highest BCUT2D eigenvalue weighted by molar-refractivity contribution is 7.88. The van der Waals surface area contributed by atoms with Crippen molar-refractivity contribution in [3.8, 4) is 0 Å². The highest BCUT2D eigenvalue weighted by atomic mass is 32.2. The van der Waals surface area contributed by atoms with Crippen molar-refractivity contribution in [3.05, 3.63) is 42.1 Å². The van der Waals surface area contributed by atoms with E-state index in [0.29, 0.717) is 0 Å². The number of nitrogens with zero attached hydrogens (tertiary/aromatic N) is 1. The Balaban J connectivity index is 1.54. The van der Waals surface area contributed by atoms with Crippen LogP contribution in [0.1, 0.15) is 31.2 Å². The van der Waals surface area contributed by atoms with Crippen LogP contribution in [0.5, 0.6) is 0 Å². The molecule has 2 saturated carbocycles. The van der Waals surface area contributed by atoms with Crippen molar-refractivity contribution in [1.29, 1.82) is 0 Å². The smallest absolute Gasteiger partial charge is 0.216 e. The number of nitrogens with one attached hydrogen (secondary N) is 1. The average Bonchev–Trinajstić information content (AvgIpc) is 2.49. The molecule has 4 rings (SSSR count). The Morgan fingerprint density at radius 3 is 2.79 bits per heavy atom. The normalized spacial score (nSPS) is 25.4. The molecule has 1 N–H and O–H groups in total. The first kappa shape index (κ1) is 16.0. The lowest BCUT2D eigenvalue weighted by Crippen LogP contribution is -2.67. The number of rotatable bonds is 5.